The van der Waals surface area contributed by atoms with Gasteiger partial charge in [-0.1, -0.05) is 54.6 Å². The molecule has 3 heteroatoms. The van der Waals surface area contributed by atoms with Crippen LogP contribution in [0.5, 0.6) is 0 Å². The van der Waals surface area contributed by atoms with E-state index in [1.54, 1.807) is 0 Å². The molecule has 0 N–H and O–H groups in total. The van der Waals surface area contributed by atoms with E-state index in [2.05, 4.69) is 123 Å². The van der Waals surface area contributed by atoms with E-state index in [9.17, 15) is 0 Å². The van der Waals surface area contributed by atoms with E-state index in [0.717, 1.165) is 22.5 Å². The molecule has 150 valence electrons. The van der Waals surface area contributed by atoms with Crippen molar-refractivity contribution in [1.82, 2.24) is 4.98 Å². The molecular formula is C27H27N3. The van der Waals surface area contributed by atoms with Gasteiger partial charge in [0.05, 0.1) is 11.4 Å². The van der Waals surface area contributed by atoms with Gasteiger partial charge >= 0.3 is 0 Å². The van der Waals surface area contributed by atoms with Gasteiger partial charge in [0.25, 0.3) is 0 Å². The fourth-order valence-corrected chi connectivity index (χ4v) is 3.48. The molecule has 30 heavy (non-hydrogen) atoms. The summed E-state index contributed by atoms with van der Waals surface area (Å²) in [5, 5.41) is 0. The zero-order valence-electron chi connectivity index (χ0n) is 18.0. The van der Waals surface area contributed by atoms with Crippen molar-refractivity contribution in [2.24, 2.45) is 0 Å². The first-order valence-electron chi connectivity index (χ1n) is 10.1. The Kier molecular flexibility index (Phi) is 5.53. The van der Waals surface area contributed by atoms with Crippen LogP contribution in [0.2, 0.25) is 0 Å². The average molecular weight is 394 g/mol. The Morgan fingerprint density at radius 3 is 1.30 bits per heavy atom. The van der Waals surface area contributed by atoms with Crippen LogP contribution in [0.4, 0.5) is 11.4 Å². The fraction of sp³-hybridized carbons (Fsp3) is 0.148. The maximum atomic E-state index is 5.02. The molecule has 0 atom stereocenters. The first-order valence-corrected chi connectivity index (χ1v) is 10.1. The van der Waals surface area contributed by atoms with Crippen molar-refractivity contribution >= 4 is 11.4 Å². The minimum Gasteiger partial charge on any atom is -0.378 e. The van der Waals surface area contributed by atoms with Crippen molar-refractivity contribution in [2.75, 3.05) is 38.0 Å². The van der Waals surface area contributed by atoms with Crippen molar-refractivity contribution in [3.63, 3.8) is 0 Å². The highest BCUT2D eigenvalue weighted by atomic mass is 15.1. The van der Waals surface area contributed by atoms with Gasteiger partial charge in [-0.05, 0) is 47.5 Å². The summed E-state index contributed by atoms with van der Waals surface area (Å²) in [7, 11) is 8.22. The molecule has 0 fully saturated rings. The van der Waals surface area contributed by atoms with Gasteiger partial charge in [0.2, 0.25) is 0 Å². The number of hydrogen-bond acceptors (Lipinski definition) is 3. The molecule has 0 aliphatic rings. The quantitative estimate of drug-likeness (QED) is 0.401. The summed E-state index contributed by atoms with van der Waals surface area (Å²) in [5.41, 5.74) is 8.91. The summed E-state index contributed by atoms with van der Waals surface area (Å²) < 4.78 is 0. The van der Waals surface area contributed by atoms with Crippen LogP contribution in [0.3, 0.4) is 0 Å². The van der Waals surface area contributed by atoms with Crippen molar-refractivity contribution in [2.45, 2.75) is 0 Å². The maximum Gasteiger partial charge on any atom is 0.0715 e. The monoisotopic (exact) mass is 393 g/mol. The number of rotatable bonds is 5. The number of anilines is 2. The summed E-state index contributed by atoms with van der Waals surface area (Å²) in [6.45, 7) is 0. The number of pyridine rings is 1. The number of benzene rings is 3. The van der Waals surface area contributed by atoms with Crippen LogP contribution in [-0.4, -0.2) is 33.2 Å². The number of hydrogen-bond donors (Lipinski definition) is 0. The second kappa shape index (κ2) is 8.42. The Hall–Kier alpha value is -3.59. The summed E-state index contributed by atoms with van der Waals surface area (Å²) >= 11 is 0. The van der Waals surface area contributed by atoms with E-state index in [1.165, 1.54) is 22.5 Å². The summed E-state index contributed by atoms with van der Waals surface area (Å²) in [6.07, 6.45) is 0. The number of nitrogens with zero attached hydrogens (tertiary/aromatic N) is 3. The molecular weight excluding hydrogens is 366 g/mol. The molecule has 0 amide bonds. The predicted octanol–water partition coefficient (Wildman–Crippen LogP) is 6.21. The Bertz CT molecular complexity index is 1040. The van der Waals surface area contributed by atoms with Gasteiger partial charge < -0.3 is 9.80 Å². The van der Waals surface area contributed by atoms with Crippen LogP contribution in [0.15, 0.2) is 91.0 Å². The Morgan fingerprint density at radius 1 is 0.467 bits per heavy atom. The zero-order valence-corrected chi connectivity index (χ0v) is 18.0. The Morgan fingerprint density at radius 2 is 0.900 bits per heavy atom. The van der Waals surface area contributed by atoms with Crippen molar-refractivity contribution in [3.05, 3.63) is 91.0 Å². The van der Waals surface area contributed by atoms with Crippen LogP contribution < -0.4 is 9.80 Å². The minimum absolute atomic E-state index is 0.980. The molecule has 0 saturated carbocycles. The highest BCUT2D eigenvalue weighted by Gasteiger charge is 2.10. The van der Waals surface area contributed by atoms with Gasteiger partial charge in [0.1, 0.15) is 0 Å². The minimum atomic E-state index is 0.980. The highest BCUT2D eigenvalue weighted by molar-refractivity contribution is 5.77. The Labute approximate surface area is 179 Å². The fourth-order valence-electron chi connectivity index (χ4n) is 3.48. The predicted molar refractivity (Wildman–Crippen MR) is 129 cm³/mol. The largest absolute Gasteiger partial charge is 0.378 e. The molecule has 0 bridgehead atoms. The number of aromatic nitrogens is 1. The lowest BCUT2D eigenvalue weighted by Crippen LogP contribution is -2.08. The van der Waals surface area contributed by atoms with Gasteiger partial charge in [-0.25, -0.2) is 4.98 Å². The molecule has 0 aliphatic heterocycles. The second-order valence-electron chi connectivity index (χ2n) is 7.87. The summed E-state index contributed by atoms with van der Waals surface area (Å²) in [5.74, 6) is 0. The van der Waals surface area contributed by atoms with Crippen LogP contribution in [-0.2, 0) is 0 Å². The molecule has 0 unspecified atom stereocenters. The molecule has 0 spiro atoms. The normalized spacial score (nSPS) is 10.7. The van der Waals surface area contributed by atoms with Gasteiger partial charge in [0, 0.05) is 50.7 Å². The standard InChI is InChI=1S/C27H27N3/c1-29(2)24-14-10-21(11-15-24)26-18-23(20-8-6-5-7-9-20)19-27(28-26)22-12-16-25(17-13-22)30(3)4/h5-19H,1-4H3. The molecule has 0 saturated heterocycles. The van der Waals surface area contributed by atoms with Crippen molar-refractivity contribution in [1.29, 1.82) is 0 Å². The van der Waals surface area contributed by atoms with E-state index in [4.69, 9.17) is 4.98 Å². The summed E-state index contributed by atoms with van der Waals surface area (Å²) in [6, 6.07) is 32.0. The Balaban J connectivity index is 1.82. The topological polar surface area (TPSA) is 19.4 Å². The van der Waals surface area contributed by atoms with Crippen LogP contribution >= 0.6 is 0 Å². The SMILES string of the molecule is CN(C)c1ccc(-c2cc(-c3ccccc3)cc(-c3ccc(N(C)C)cc3)n2)cc1. The van der Waals surface area contributed by atoms with E-state index >= 15 is 0 Å². The van der Waals surface area contributed by atoms with E-state index < -0.39 is 0 Å². The smallest absolute Gasteiger partial charge is 0.0715 e. The molecule has 4 rings (SSSR count). The van der Waals surface area contributed by atoms with E-state index in [0.29, 0.717) is 0 Å². The van der Waals surface area contributed by atoms with Crippen molar-refractivity contribution < 1.29 is 0 Å². The molecule has 3 aromatic carbocycles. The lowest BCUT2D eigenvalue weighted by molar-refractivity contribution is 1.13. The molecule has 0 aliphatic carbocycles. The molecule has 0 radical (unpaired) electrons. The average Bonchev–Trinajstić information content (AvgIpc) is 2.79. The molecule has 4 aromatic rings. The third-order valence-corrected chi connectivity index (χ3v) is 5.29. The molecule has 3 nitrogen and oxygen atoms in total. The van der Waals surface area contributed by atoms with Gasteiger partial charge in [-0.3, -0.25) is 0 Å². The van der Waals surface area contributed by atoms with Crippen LogP contribution in [0, 0.1) is 0 Å². The van der Waals surface area contributed by atoms with Crippen LogP contribution in [0.25, 0.3) is 33.6 Å². The first kappa shape index (κ1) is 19.7. The van der Waals surface area contributed by atoms with E-state index in [-0.39, 0.29) is 0 Å². The lowest BCUT2D eigenvalue weighted by atomic mass is 10.00. The van der Waals surface area contributed by atoms with Crippen molar-refractivity contribution in [3.8, 4) is 33.6 Å². The highest BCUT2D eigenvalue weighted by Crippen LogP contribution is 2.31. The second-order valence-corrected chi connectivity index (χ2v) is 7.87. The lowest BCUT2D eigenvalue weighted by Gasteiger charge is -2.15. The zero-order chi connectivity index (χ0) is 21.1. The van der Waals surface area contributed by atoms with Gasteiger partial charge in [0.15, 0.2) is 0 Å². The third-order valence-electron chi connectivity index (χ3n) is 5.29. The maximum absolute atomic E-state index is 5.02. The molecule has 1 aromatic heterocycles. The first-order chi connectivity index (χ1) is 14.5. The van der Waals surface area contributed by atoms with Gasteiger partial charge in [-0.15, -0.1) is 0 Å². The van der Waals surface area contributed by atoms with Crippen LogP contribution in [0.1, 0.15) is 0 Å². The molecule has 1 heterocycles. The third kappa shape index (κ3) is 4.20. The summed E-state index contributed by atoms with van der Waals surface area (Å²) in [4.78, 5) is 9.23. The van der Waals surface area contributed by atoms with E-state index in [1.807, 2.05) is 6.07 Å². The van der Waals surface area contributed by atoms with Gasteiger partial charge in [-0.2, -0.15) is 0 Å².